The SMILES string of the molecule is COc1ccc(N(c2ccc(/C=C/C=C/C=C/c3ccccc3)cc2)c2ccc(/C=C/C=C/C=C/c3ccc(-c4ccc(/C=C/C=C/C=C/c5ccc(N(c6ccc(/C=C/C=C/C(C)Cc7ccccc7)cc6)c6ccccc6C)cc5)cc4)cc3)cc2)c(OC)c1. The highest BCUT2D eigenvalue weighted by molar-refractivity contribution is 5.83. The molecule has 4 heteroatoms. The number of nitrogens with zero attached hydrogens (tertiary/aromatic N) is 2. The summed E-state index contributed by atoms with van der Waals surface area (Å²) in [7, 11) is 3.35. The Morgan fingerprint density at radius 2 is 0.652 bits per heavy atom. The third kappa shape index (κ3) is 18.8. The summed E-state index contributed by atoms with van der Waals surface area (Å²) < 4.78 is 11.4. The molecule has 92 heavy (non-hydrogen) atoms. The molecule has 0 aromatic heterocycles. The third-order valence-corrected chi connectivity index (χ3v) is 15.5. The Hall–Kier alpha value is -11.5. The predicted octanol–water partition coefficient (Wildman–Crippen LogP) is 23.9. The molecule has 0 saturated heterocycles. The maximum absolute atomic E-state index is 5.89. The second-order valence-electron chi connectivity index (χ2n) is 22.2. The van der Waals surface area contributed by atoms with Gasteiger partial charge in [0, 0.05) is 34.5 Å². The Labute approximate surface area is 545 Å². The molecule has 4 nitrogen and oxygen atoms in total. The van der Waals surface area contributed by atoms with Gasteiger partial charge in [0.2, 0.25) is 0 Å². The summed E-state index contributed by atoms with van der Waals surface area (Å²) in [6, 6.07) is 87.4. The van der Waals surface area contributed by atoms with Gasteiger partial charge in [0.15, 0.2) is 0 Å². The Kier molecular flexibility index (Phi) is 23.3. The molecule has 0 amide bonds. The zero-order valence-electron chi connectivity index (χ0n) is 52.9. The molecular weight excluding hydrogens is 1120 g/mol. The highest BCUT2D eigenvalue weighted by atomic mass is 16.5. The number of aryl methyl sites for hydroxylation is 1. The van der Waals surface area contributed by atoms with Crippen molar-refractivity contribution < 1.29 is 9.47 Å². The Morgan fingerprint density at radius 1 is 0.315 bits per heavy atom. The summed E-state index contributed by atoms with van der Waals surface area (Å²) in [5, 5.41) is 0. The molecule has 0 fully saturated rings. The highest BCUT2D eigenvalue weighted by Gasteiger charge is 2.18. The Balaban J connectivity index is 0.687. The minimum absolute atomic E-state index is 0.467. The van der Waals surface area contributed by atoms with Crippen LogP contribution in [-0.2, 0) is 6.42 Å². The van der Waals surface area contributed by atoms with Gasteiger partial charge < -0.3 is 19.3 Å². The minimum atomic E-state index is 0.467. The fraction of sp³-hybridized carbons (Fsp3) is 0.0682. The van der Waals surface area contributed by atoms with Crippen molar-refractivity contribution in [2.75, 3.05) is 24.0 Å². The molecule has 0 N–H and O–H groups in total. The van der Waals surface area contributed by atoms with Gasteiger partial charge in [0.1, 0.15) is 11.5 Å². The standard InChI is InChI=1S/C88H78N2O2/c1-69(67-78-38-21-12-22-39-78)27-23-25-37-77-47-59-82(60-48-77)89(86-40-26-24-28-70(86)2)81-57-45-74(46-58-81)34-17-9-7-14-32-72-41-53-79(54-42-72)80-55-43-73(44-56-80)33-15-8-10-18-36-76-51-63-84(64-52-76)90(87-66-65-85(91-3)68-88(87)92-4)83-61-49-75(50-62-83)35-16-6-5-13-29-71-30-19-11-20-31-71/h5-66,68-69H,67H2,1-4H3/b6-5+,9-7+,10-8+,27-23+,29-13+,32-14+,33-15+,34-17+,35-16+,36-18+,37-25+. The molecule has 452 valence electrons. The Morgan fingerprint density at radius 3 is 1.03 bits per heavy atom. The lowest BCUT2D eigenvalue weighted by molar-refractivity contribution is 0.395. The fourth-order valence-electron chi connectivity index (χ4n) is 10.6. The van der Waals surface area contributed by atoms with Gasteiger partial charge in [-0.1, -0.05) is 317 Å². The smallest absolute Gasteiger partial charge is 0.146 e. The summed E-state index contributed by atoms with van der Waals surface area (Å²) >= 11 is 0. The second kappa shape index (κ2) is 33.8. The molecular formula is C88H78N2O2. The van der Waals surface area contributed by atoms with Crippen LogP contribution < -0.4 is 19.3 Å². The first kappa shape index (κ1) is 63.6. The molecule has 1 unspecified atom stereocenters. The largest absolute Gasteiger partial charge is 0.497 e. The molecule has 0 radical (unpaired) electrons. The average Bonchev–Trinajstić information content (AvgIpc) is 1.11. The fourth-order valence-corrected chi connectivity index (χ4v) is 10.6. The van der Waals surface area contributed by atoms with Crippen LogP contribution >= 0.6 is 0 Å². The Bertz CT molecular complexity index is 4270. The topological polar surface area (TPSA) is 24.9 Å². The van der Waals surface area contributed by atoms with Gasteiger partial charge in [-0.2, -0.15) is 0 Å². The van der Waals surface area contributed by atoms with Crippen LogP contribution in [0.3, 0.4) is 0 Å². The second-order valence-corrected chi connectivity index (χ2v) is 22.2. The van der Waals surface area contributed by atoms with Gasteiger partial charge >= 0.3 is 0 Å². The van der Waals surface area contributed by atoms with Crippen molar-refractivity contribution in [3.63, 3.8) is 0 Å². The first-order valence-electron chi connectivity index (χ1n) is 31.3. The number of hydrogen-bond acceptors (Lipinski definition) is 4. The van der Waals surface area contributed by atoms with Crippen LogP contribution in [0.5, 0.6) is 11.5 Å². The molecule has 0 aliphatic carbocycles. The first-order valence-corrected chi connectivity index (χ1v) is 31.3. The predicted molar refractivity (Wildman–Crippen MR) is 398 cm³/mol. The number of anilines is 6. The van der Waals surface area contributed by atoms with Crippen molar-refractivity contribution in [3.8, 4) is 22.6 Å². The van der Waals surface area contributed by atoms with E-state index in [9.17, 15) is 0 Å². The lowest BCUT2D eigenvalue weighted by Gasteiger charge is -2.27. The number of ether oxygens (including phenoxy) is 2. The van der Waals surface area contributed by atoms with E-state index in [0.717, 1.165) is 79.7 Å². The van der Waals surface area contributed by atoms with Crippen molar-refractivity contribution in [1.29, 1.82) is 0 Å². The van der Waals surface area contributed by atoms with E-state index >= 15 is 0 Å². The van der Waals surface area contributed by atoms with E-state index in [4.69, 9.17) is 9.47 Å². The molecule has 1 atom stereocenters. The molecule has 10 aromatic carbocycles. The molecule has 0 aliphatic rings. The number of hydrogen-bond donors (Lipinski definition) is 0. The van der Waals surface area contributed by atoms with Crippen molar-refractivity contribution in [1.82, 2.24) is 0 Å². The normalized spacial score (nSPS) is 12.5. The van der Waals surface area contributed by atoms with E-state index in [1.54, 1.807) is 14.2 Å². The van der Waals surface area contributed by atoms with Gasteiger partial charge in [0.25, 0.3) is 0 Å². The number of benzene rings is 10. The lowest BCUT2D eigenvalue weighted by Crippen LogP contribution is -2.11. The lowest BCUT2D eigenvalue weighted by atomic mass is 10.0. The monoisotopic (exact) mass is 1190 g/mol. The maximum atomic E-state index is 5.89. The molecule has 0 aliphatic heterocycles. The summed E-state index contributed by atoms with van der Waals surface area (Å²) in [6.07, 6.45) is 47.2. The quantitative estimate of drug-likeness (QED) is 0.0505. The number of methoxy groups -OCH3 is 2. The van der Waals surface area contributed by atoms with Gasteiger partial charge in [-0.25, -0.2) is 0 Å². The number of rotatable bonds is 26. The minimum Gasteiger partial charge on any atom is -0.497 e. The molecule has 0 saturated carbocycles. The highest BCUT2D eigenvalue weighted by Crippen LogP contribution is 2.42. The van der Waals surface area contributed by atoms with Crippen molar-refractivity contribution in [3.05, 3.63) is 390 Å². The van der Waals surface area contributed by atoms with Crippen LogP contribution in [0.15, 0.2) is 340 Å². The molecule has 10 rings (SSSR count). The van der Waals surface area contributed by atoms with Crippen molar-refractivity contribution in [2.24, 2.45) is 5.92 Å². The van der Waals surface area contributed by atoms with Crippen LogP contribution in [0, 0.1) is 12.8 Å². The first-order chi connectivity index (χ1) is 45.3. The molecule has 0 spiro atoms. The molecule has 0 heterocycles. The average molecular weight is 1200 g/mol. The van der Waals surface area contributed by atoms with E-state index < -0.39 is 0 Å². The third-order valence-electron chi connectivity index (χ3n) is 15.5. The van der Waals surface area contributed by atoms with Gasteiger partial charge in [-0.15, -0.1) is 0 Å². The van der Waals surface area contributed by atoms with Crippen LogP contribution in [0.2, 0.25) is 0 Å². The molecule has 0 bridgehead atoms. The van der Waals surface area contributed by atoms with Crippen molar-refractivity contribution >= 4 is 76.7 Å². The van der Waals surface area contributed by atoms with E-state index in [1.165, 1.54) is 27.8 Å². The summed E-state index contributed by atoms with van der Waals surface area (Å²) in [5.41, 5.74) is 19.2. The van der Waals surface area contributed by atoms with Gasteiger partial charge in [-0.3, -0.25) is 0 Å². The zero-order valence-corrected chi connectivity index (χ0v) is 52.9. The summed E-state index contributed by atoms with van der Waals surface area (Å²) in [4.78, 5) is 4.54. The zero-order chi connectivity index (χ0) is 63.4. The summed E-state index contributed by atoms with van der Waals surface area (Å²) in [6.45, 7) is 4.43. The van der Waals surface area contributed by atoms with Crippen LogP contribution in [0.25, 0.3) is 53.7 Å². The van der Waals surface area contributed by atoms with Crippen molar-refractivity contribution in [2.45, 2.75) is 20.3 Å². The maximum Gasteiger partial charge on any atom is 0.146 e. The number of allylic oxidation sites excluding steroid dienone is 15. The van der Waals surface area contributed by atoms with E-state index in [-0.39, 0.29) is 0 Å². The summed E-state index contributed by atoms with van der Waals surface area (Å²) in [5.74, 6) is 1.91. The van der Waals surface area contributed by atoms with Gasteiger partial charge in [0.05, 0.1) is 19.9 Å². The van der Waals surface area contributed by atoms with E-state index in [2.05, 4.69) is 357 Å². The van der Waals surface area contributed by atoms with Crippen LogP contribution in [-0.4, -0.2) is 14.2 Å². The number of para-hydroxylation sites is 1. The van der Waals surface area contributed by atoms with Gasteiger partial charge in [-0.05, 0) is 147 Å². The van der Waals surface area contributed by atoms with Crippen LogP contribution in [0.4, 0.5) is 34.1 Å². The van der Waals surface area contributed by atoms with E-state index in [1.807, 2.05) is 48.6 Å². The van der Waals surface area contributed by atoms with Crippen LogP contribution in [0.1, 0.15) is 57.0 Å². The van der Waals surface area contributed by atoms with E-state index in [0.29, 0.717) is 11.7 Å². The molecule has 10 aromatic rings.